The summed E-state index contributed by atoms with van der Waals surface area (Å²) in [5, 5.41) is 10.3. The van der Waals surface area contributed by atoms with Gasteiger partial charge < -0.3 is 10.0 Å². The number of rotatable bonds is 9. The predicted octanol–water partition coefficient (Wildman–Crippen LogP) is 3.90. The topological polar surface area (TPSA) is 57.6 Å². The lowest BCUT2D eigenvalue weighted by Crippen LogP contribution is -2.40. The second kappa shape index (κ2) is 8.70. The molecule has 0 aromatic heterocycles. The van der Waals surface area contributed by atoms with Crippen LogP contribution in [0.1, 0.15) is 50.3 Å². The molecule has 4 heteroatoms. The molecule has 0 heterocycles. The number of aliphatic hydroxyl groups excluding tert-OH is 1. The molecule has 28 heavy (non-hydrogen) atoms. The van der Waals surface area contributed by atoms with Crippen LogP contribution in [-0.2, 0) is 15.0 Å². The van der Waals surface area contributed by atoms with Gasteiger partial charge in [0.15, 0.2) is 5.78 Å². The van der Waals surface area contributed by atoms with Gasteiger partial charge in [-0.25, -0.2) is 0 Å². The van der Waals surface area contributed by atoms with Crippen molar-refractivity contribution >= 4 is 11.7 Å². The van der Waals surface area contributed by atoms with E-state index in [1.165, 1.54) is 0 Å². The normalized spacial score (nSPS) is 21.8. The highest BCUT2D eigenvalue weighted by Crippen LogP contribution is 2.57. The van der Waals surface area contributed by atoms with Crippen LogP contribution >= 0.6 is 0 Å². The van der Waals surface area contributed by atoms with E-state index < -0.39 is 11.5 Å². The fourth-order valence-corrected chi connectivity index (χ4v) is 4.22. The maximum absolute atomic E-state index is 13.3. The monoisotopic (exact) mass is 379 g/mol. The highest BCUT2D eigenvalue weighted by molar-refractivity contribution is 5.92. The highest BCUT2D eigenvalue weighted by atomic mass is 16.3. The lowest BCUT2D eigenvalue weighted by Gasteiger charge is -2.26. The van der Waals surface area contributed by atoms with Crippen LogP contribution in [0.15, 0.2) is 60.7 Å². The van der Waals surface area contributed by atoms with E-state index in [4.69, 9.17) is 0 Å². The molecule has 1 amide bonds. The molecule has 3 rings (SSSR count). The summed E-state index contributed by atoms with van der Waals surface area (Å²) in [6, 6.07) is 18.9. The van der Waals surface area contributed by atoms with Crippen molar-refractivity contribution < 1.29 is 14.7 Å². The molecule has 2 aromatic rings. The van der Waals surface area contributed by atoms with E-state index in [0.717, 1.165) is 12.0 Å². The standard InChI is InChI=1S/C24H29NO3/c1-3-25(4-2)23(28)24(19-13-9-6-10-14-19)17-20(24)15-16-21(26)22(27)18-11-7-5-8-12-18/h5-14,20,22,27H,3-4,15-17H2,1-2H3/t20-,22-,24-/m0/s1. The van der Waals surface area contributed by atoms with Crippen molar-refractivity contribution in [2.24, 2.45) is 5.92 Å². The molecule has 4 nitrogen and oxygen atoms in total. The second-order valence-corrected chi connectivity index (χ2v) is 7.53. The van der Waals surface area contributed by atoms with E-state index in [2.05, 4.69) is 0 Å². The fourth-order valence-electron chi connectivity index (χ4n) is 4.22. The van der Waals surface area contributed by atoms with E-state index in [1.807, 2.05) is 67.3 Å². The van der Waals surface area contributed by atoms with Crippen molar-refractivity contribution in [2.45, 2.75) is 44.6 Å². The molecule has 1 fully saturated rings. The number of benzene rings is 2. The first-order valence-corrected chi connectivity index (χ1v) is 10.1. The number of Topliss-reactive ketones (excluding diaryl/α,β-unsaturated/α-hetero) is 1. The third kappa shape index (κ3) is 3.88. The average molecular weight is 380 g/mol. The Morgan fingerprint density at radius 2 is 1.61 bits per heavy atom. The molecule has 3 atom stereocenters. The molecule has 0 aliphatic heterocycles. The van der Waals surface area contributed by atoms with Gasteiger partial charge >= 0.3 is 0 Å². The molecule has 1 N–H and O–H groups in total. The van der Waals surface area contributed by atoms with Gasteiger partial charge in [0.2, 0.25) is 5.91 Å². The van der Waals surface area contributed by atoms with Gasteiger partial charge in [-0.1, -0.05) is 60.7 Å². The number of aliphatic hydroxyl groups is 1. The highest BCUT2D eigenvalue weighted by Gasteiger charge is 2.61. The van der Waals surface area contributed by atoms with Gasteiger partial charge in [-0.15, -0.1) is 0 Å². The molecule has 148 valence electrons. The molecule has 0 bridgehead atoms. The molecule has 1 aliphatic carbocycles. The van der Waals surface area contributed by atoms with Crippen LogP contribution in [0, 0.1) is 5.92 Å². The second-order valence-electron chi connectivity index (χ2n) is 7.53. The number of carbonyl (C=O) groups excluding carboxylic acids is 2. The Balaban J connectivity index is 1.72. The van der Waals surface area contributed by atoms with E-state index in [9.17, 15) is 14.7 Å². The van der Waals surface area contributed by atoms with Crippen LogP contribution in [0.5, 0.6) is 0 Å². The molecule has 0 unspecified atom stereocenters. The Labute approximate surface area is 167 Å². The van der Waals surface area contributed by atoms with Crippen molar-refractivity contribution in [3.63, 3.8) is 0 Å². The quantitative estimate of drug-likeness (QED) is 0.719. The summed E-state index contributed by atoms with van der Waals surface area (Å²) in [7, 11) is 0. The van der Waals surface area contributed by atoms with Crippen molar-refractivity contribution in [3.05, 3.63) is 71.8 Å². The average Bonchev–Trinajstić information content (AvgIpc) is 3.49. The van der Waals surface area contributed by atoms with Crippen LogP contribution < -0.4 is 0 Å². The zero-order valence-corrected chi connectivity index (χ0v) is 16.7. The number of nitrogens with zero attached hydrogens (tertiary/aromatic N) is 1. The number of amides is 1. The van der Waals surface area contributed by atoms with Gasteiger partial charge in [0.05, 0.1) is 5.41 Å². The summed E-state index contributed by atoms with van der Waals surface area (Å²) in [5.41, 5.74) is 1.13. The summed E-state index contributed by atoms with van der Waals surface area (Å²) in [5.74, 6) is 0.107. The van der Waals surface area contributed by atoms with Crippen LogP contribution in [0.25, 0.3) is 0 Å². The minimum absolute atomic E-state index is 0.134. The van der Waals surface area contributed by atoms with Crippen LogP contribution in [0.2, 0.25) is 0 Å². The minimum Gasteiger partial charge on any atom is -0.381 e. The Bertz CT molecular complexity index is 801. The summed E-state index contributed by atoms with van der Waals surface area (Å²) < 4.78 is 0. The number of carbonyl (C=O) groups is 2. The van der Waals surface area contributed by atoms with E-state index in [-0.39, 0.29) is 24.0 Å². The van der Waals surface area contributed by atoms with Gasteiger partial charge in [-0.05, 0) is 43.7 Å². The maximum atomic E-state index is 13.3. The third-order valence-electron chi connectivity index (χ3n) is 5.99. The first-order valence-electron chi connectivity index (χ1n) is 10.1. The zero-order chi connectivity index (χ0) is 20.1. The lowest BCUT2D eigenvalue weighted by molar-refractivity contribution is -0.134. The molecule has 1 aliphatic rings. The van der Waals surface area contributed by atoms with Gasteiger partial charge in [0.1, 0.15) is 6.10 Å². The summed E-state index contributed by atoms with van der Waals surface area (Å²) in [6.07, 6.45) is 0.566. The summed E-state index contributed by atoms with van der Waals surface area (Å²) in [4.78, 5) is 27.7. The van der Waals surface area contributed by atoms with E-state index in [1.54, 1.807) is 12.1 Å². The third-order valence-corrected chi connectivity index (χ3v) is 5.99. The number of likely N-dealkylation sites (N-methyl/N-ethyl adjacent to an activating group) is 1. The molecule has 0 saturated heterocycles. The minimum atomic E-state index is -1.09. The largest absolute Gasteiger partial charge is 0.381 e. The van der Waals surface area contributed by atoms with Crippen molar-refractivity contribution in [1.82, 2.24) is 4.90 Å². The lowest BCUT2D eigenvalue weighted by atomic mass is 9.89. The first kappa shape index (κ1) is 20.3. The van der Waals surface area contributed by atoms with Crippen LogP contribution in [-0.4, -0.2) is 34.8 Å². The molecular weight excluding hydrogens is 350 g/mol. The number of hydrogen-bond acceptors (Lipinski definition) is 3. The fraction of sp³-hybridized carbons (Fsp3) is 0.417. The molecule has 0 radical (unpaired) electrons. The SMILES string of the molecule is CCN(CC)C(=O)[C@]1(c2ccccc2)C[C@@H]1CCC(=O)[C@@H](O)c1ccccc1. The molecular formula is C24H29NO3. The summed E-state index contributed by atoms with van der Waals surface area (Å²) in [6.45, 7) is 5.36. The van der Waals surface area contributed by atoms with Crippen LogP contribution in [0.3, 0.4) is 0 Å². The molecule has 2 aromatic carbocycles. The Morgan fingerprint density at radius 1 is 1.04 bits per heavy atom. The van der Waals surface area contributed by atoms with Crippen molar-refractivity contribution in [2.75, 3.05) is 13.1 Å². The van der Waals surface area contributed by atoms with E-state index >= 15 is 0 Å². The Hall–Kier alpha value is -2.46. The predicted molar refractivity (Wildman–Crippen MR) is 110 cm³/mol. The first-order chi connectivity index (χ1) is 13.5. The van der Waals surface area contributed by atoms with E-state index in [0.29, 0.717) is 25.1 Å². The zero-order valence-electron chi connectivity index (χ0n) is 16.7. The molecule has 1 saturated carbocycles. The summed E-state index contributed by atoms with van der Waals surface area (Å²) >= 11 is 0. The van der Waals surface area contributed by atoms with Gasteiger partial charge in [0.25, 0.3) is 0 Å². The molecule has 0 spiro atoms. The maximum Gasteiger partial charge on any atom is 0.233 e. The Kier molecular flexibility index (Phi) is 6.30. The van der Waals surface area contributed by atoms with Crippen molar-refractivity contribution in [3.8, 4) is 0 Å². The number of hydrogen-bond donors (Lipinski definition) is 1. The smallest absolute Gasteiger partial charge is 0.233 e. The van der Waals surface area contributed by atoms with Crippen LogP contribution in [0.4, 0.5) is 0 Å². The number of ketones is 1. The van der Waals surface area contributed by atoms with Gasteiger partial charge in [-0.3, -0.25) is 9.59 Å². The van der Waals surface area contributed by atoms with Gasteiger partial charge in [0, 0.05) is 19.5 Å². The van der Waals surface area contributed by atoms with Gasteiger partial charge in [-0.2, -0.15) is 0 Å². The Morgan fingerprint density at radius 3 is 2.18 bits per heavy atom. The van der Waals surface area contributed by atoms with Crippen molar-refractivity contribution in [1.29, 1.82) is 0 Å².